The van der Waals surface area contributed by atoms with Crippen LogP contribution in [0.15, 0.2) is 71.5 Å². The molecule has 0 aliphatic heterocycles. The lowest BCUT2D eigenvalue weighted by Gasteiger charge is -2.21. The van der Waals surface area contributed by atoms with E-state index in [1.165, 1.54) is 16.2 Å². The van der Waals surface area contributed by atoms with Crippen molar-refractivity contribution in [1.29, 1.82) is 5.26 Å². The minimum atomic E-state index is -0.919. The zero-order valence-corrected chi connectivity index (χ0v) is 22.6. The maximum Gasteiger partial charge on any atom is 0.334 e. The molecule has 3 aromatic carbocycles. The number of imide groups is 1. The van der Waals surface area contributed by atoms with Crippen LogP contribution in [0.1, 0.15) is 35.3 Å². The monoisotopic (exact) mass is 538 g/mol. The molecular weight excluding hydrogens is 508 g/mol. The third kappa shape index (κ3) is 5.09. The van der Waals surface area contributed by atoms with Gasteiger partial charge in [0.1, 0.15) is 6.54 Å². The largest absolute Gasteiger partial charge is 0.372 e. The summed E-state index contributed by atoms with van der Waals surface area (Å²) < 4.78 is 2.66. The zero-order chi connectivity index (χ0) is 29.0. The summed E-state index contributed by atoms with van der Waals surface area (Å²) in [5.74, 6) is -0.913. The molecule has 0 fully saturated rings. The summed E-state index contributed by atoms with van der Waals surface area (Å²) in [6.45, 7) is 5.42. The van der Waals surface area contributed by atoms with Gasteiger partial charge in [-0.2, -0.15) is 5.26 Å². The molecule has 1 aromatic heterocycles. The Bertz CT molecular complexity index is 1680. The predicted octanol–water partition coefficient (Wildman–Crippen LogP) is 3.47. The van der Waals surface area contributed by atoms with Gasteiger partial charge in [-0.25, -0.2) is 9.59 Å². The number of hydrogen-bond acceptors (Lipinski definition) is 6. The van der Waals surface area contributed by atoms with Crippen LogP contribution in [0.5, 0.6) is 0 Å². The quantitative estimate of drug-likeness (QED) is 0.324. The first-order valence-corrected chi connectivity index (χ1v) is 12.9. The minimum Gasteiger partial charge on any atom is -0.372 e. The molecule has 0 bridgehead atoms. The molecule has 40 heavy (non-hydrogen) atoms. The van der Waals surface area contributed by atoms with Gasteiger partial charge in [0.05, 0.1) is 29.2 Å². The van der Waals surface area contributed by atoms with Gasteiger partial charge in [0.2, 0.25) is 5.91 Å². The number of anilines is 1. The first-order chi connectivity index (χ1) is 19.2. The van der Waals surface area contributed by atoms with Crippen molar-refractivity contribution in [1.82, 2.24) is 14.0 Å². The standard InChI is InChI=1S/C30H30N6O4/c1-4-34(5-2)22-12-14-23(15-13-22)36-27-24(28(38)20-9-7-6-8-10-20)16-11-21(19-25(37)33(3)29(32)39)26(27)35(18-17-31)30(36)40/h6-16H,4-5,18-19H2,1-3H3,(H2,32,39). The molecule has 2 N–H and O–H groups in total. The molecule has 0 saturated heterocycles. The van der Waals surface area contributed by atoms with Crippen molar-refractivity contribution in [3.8, 4) is 11.8 Å². The maximum absolute atomic E-state index is 13.9. The normalized spacial score (nSPS) is 10.8. The summed E-state index contributed by atoms with van der Waals surface area (Å²) >= 11 is 0. The number of urea groups is 1. The Morgan fingerprint density at radius 3 is 2.15 bits per heavy atom. The topological polar surface area (TPSA) is 134 Å². The second-order valence-corrected chi connectivity index (χ2v) is 9.18. The molecule has 1 heterocycles. The zero-order valence-electron chi connectivity index (χ0n) is 22.6. The number of carbonyl (C=O) groups excluding carboxylic acids is 3. The molecule has 0 saturated carbocycles. The second kappa shape index (κ2) is 11.7. The number of amides is 3. The number of primary amides is 1. The number of nitrogens with two attached hydrogens (primary N) is 1. The Hall–Kier alpha value is -5.17. The Balaban J connectivity index is 2.03. The van der Waals surface area contributed by atoms with Crippen LogP contribution in [0.25, 0.3) is 16.7 Å². The molecule has 4 rings (SSSR count). The maximum atomic E-state index is 13.9. The van der Waals surface area contributed by atoms with Crippen LogP contribution in [0.3, 0.4) is 0 Å². The van der Waals surface area contributed by atoms with Gasteiger partial charge in [-0.05, 0) is 49.7 Å². The van der Waals surface area contributed by atoms with Crippen molar-refractivity contribution in [2.45, 2.75) is 26.8 Å². The number of ketones is 1. The number of aromatic nitrogens is 2. The van der Waals surface area contributed by atoms with Gasteiger partial charge in [-0.3, -0.25) is 23.6 Å². The Kier molecular flexibility index (Phi) is 8.15. The van der Waals surface area contributed by atoms with Crippen molar-refractivity contribution in [3.05, 3.63) is 93.9 Å². The van der Waals surface area contributed by atoms with E-state index >= 15 is 0 Å². The van der Waals surface area contributed by atoms with Crippen molar-refractivity contribution < 1.29 is 14.4 Å². The van der Waals surface area contributed by atoms with Crippen molar-refractivity contribution in [2.75, 3.05) is 25.0 Å². The molecule has 0 aliphatic rings. The van der Waals surface area contributed by atoms with Crippen LogP contribution >= 0.6 is 0 Å². The minimum absolute atomic E-state index is 0.238. The second-order valence-electron chi connectivity index (χ2n) is 9.18. The highest BCUT2D eigenvalue weighted by Crippen LogP contribution is 2.29. The molecule has 3 amide bonds. The Labute approximate surface area is 231 Å². The number of nitriles is 1. The van der Waals surface area contributed by atoms with E-state index in [9.17, 15) is 24.4 Å². The molecule has 0 unspecified atom stereocenters. The molecule has 0 spiro atoms. The van der Waals surface area contributed by atoms with Gasteiger partial charge < -0.3 is 10.6 Å². The summed E-state index contributed by atoms with van der Waals surface area (Å²) in [6.07, 6.45) is -0.272. The number of benzene rings is 3. The highest BCUT2D eigenvalue weighted by atomic mass is 16.2. The van der Waals surface area contributed by atoms with Crippen molar-refractivity contribution >= 4 is 34.4 Å². The highest BCUT2D eigenvalue weighted by molar-refractivity contribution is 6.16. The smallest absolute Gasteiger partial charge is 0.334 e. The lowest BCUT2D eigenvalue weighted by Crippen LogP contribution is -2.38. The number of likely N-dealkylation sites (N-methyl/N-ethyl adjacent to an activating group) is 1. The molecule has 4 aromatic rings. The van der Waals surface area contributed by atoms with Gasteiger partial charge in [0.25, 0.3) is 0 Å². The Morgan fingerprint density at radius 2 is 1.57 bits per heavy atom. The average molecular weight is 539 g/mol. The fourth-order valence-electron chi connectivity index (χ4n) is 4.79. The summed E-state index contributed by atoms with van der Waals surface area (Å²) in [7, 11) is 1.26. The van der Waals surface area contributed by atoms with E-state index in [0.29, 0.717) is 16.8 Å². The van der Waals surface area contributed by atoms with E-state index in [1.807, 2.05) is 18.2 Å². The van der Waals surface area contributed by atoms with Crippen LogP contribution < -0.4 is 16.3 Å². The first-order valence-electron chi connectivity index (χ1n) is 12.9. The summed E-state index contributed by atoms with van der Waals surface area (Å²) in [5.41, 5.74) is 7.81. The SMILES string of the molecule is CCN(CC)c1ccc(-n2c(=O)n(CC#N)c3c(CC(=O)N(C)C(N)=O)ccc(C(=O)c4ccccc4)c32)cc1. The molecule has 10 heteroatoms. The fraction of sp³-hybridized carbons (Fsp3) is 0.233. The van der Waals surface area contributed by atoms with E-state index < -0.39 is 17.6 Å². The number of fused-ring (bicyclic) bond motifs is 1. The predicted molar refractivity (Wildman–Crippen MR) is 153 cm³/mol. The molecule has 0 atom stereocenters. The van der Waals surface area contributed by atoms with Gasteiger partial charge in [-0.1, -0.05) is 36.4 Å². The number of nitrogens with zero attached hydrogens (tertiary/aromatic N) is 5. The van der Waals surface area contributed by atoms with Gasteiger partial charge >= 0.3 is 11.7 Å². The van der Waals surface area contributed by atoms with Gasteiger partial charge in [0.15, 0.2) is 5.78 Å². The van der Waals surface area contributed by atoms with E-state index in [-0.39, 0.29) is 35.3 Å². The van der Waals surface area contributed by atoms with Crippen molar-refractivity contribution in [3.63, 3.8) is 0 Å². The van der Waals surface area contributed by atoms with E-state index in [2.05, 4.69) is 18.7 Å². The van der Waals surface area contributed by atoms with Gasteiger partial charge in [0, 0.05) is 37.0 Å². The summed E-state index contributed by atoms with van der Waals surface area (Å²) in [6, 6.07) is 20.3. The molecule has 10 nitrogen and oxygen atoms in total. The van der Waals surface area contributed by atoms with Gasteiger partial charge in [-0.15, -0.1) is 0 Å². The first kappa shape index (κ1) is 27.9. The molecule has 0 radical (unpaired) electrons. The lowest BCUT2D eigenvalue weighted by atomic mass is 9.98. The van der Waals surface area contributed by atoms with Crippen LogP contribution in [0, 0.1) is 11.3 Å². The average Bonchev–Trinajstić information content (AvgIpc) is 3.26. The number of carbonyl (C=O) groups is 3. The van der Waals surface area contributed by atoms with E-state index in [0.717, 1.165) is 23.7 Å². The summed E-state index contributed by atoms with van der Waals surface area (Å²) in [5, 5.41) is 9.60. The number of rotatable bonds is 9. The third-order valence-electron chi connectivity index (χ3n) is 6.94. The van der Waals surface area contributed by atoms with E-state index in [1.54, 1.807) is 54.6 Å². The molecule has 0 aliphatic carbocycles. The van der Waals surface area contributed by atoms with Crippen molar-refractivity contribution in [2.24, 2.45) is 5.73 Å². The van der Waals surface area contributed by atoms with Crippen LogP contribution in [0.2, 0.25) is 0 Å². The third-order valence-corrected chi connectivity index (χ3v) is 6.94. The lowest BCUT2D eigenvalue weighted by molar-refractivity contribution is -0.126. The van der Waals surface area contributed by atoms with Crippen LogP contribution in [0.4, 0.5) is 10.5 Å². The van der Waals surface area contributed by atoms with E-state index in [4.69, 9.17) is 5.73 Å². The van der Waals surface area contributed by atoms with Crippen LogP contribution in [-0.4, -0.2) is 51.9 Å². The molecule has 204 valence electrons. The number of hydrogen-bond donors (Lipinski definition) is 1. The van der Waals surface area contributed by atoms with Crippen LogP contribution in [-0.2, 0) is 17.8 Å². The fourth-order valence-corrected chi connectivity index (χ4v) is 4.79. The summed E-state index contributed by atoms with van der Waals surface area (Å²) in [4.78, 5) is 55.0. The Morgan fingerprint density at radius 1 is 0.925 bits per heavy atom. The molecular formula is C30H30N6O4. The number of imidazole rings is 1. The highest BCUT2D eigenvalue weighted by Gasteiger charge is 2.26.